The van der Waals surface area contributed by atoms with Crippen molar-refractivity contribution in [2.75, 3.05) is 34.2 Å². The number of amides is 1. The summed E-state index contributed by atoms with van der Waals surface area (Å²) in [6.45, 7) is 1.33. The molecule has 0 bridgehead atoms. The van der Waals surface area contributed by atoms with Crippen LogP contribution in [0, 0.1) is 0 Å². The number of carbonyl (C=O) groups excluding carboxylic acids is 1. The van der Waals surface area contributed by atoms with E-state index in [4.69, 9.17) is 10.9 Å². The summed E-state index contributed by atoms with van der Waals surface area (Å²) in [5.41, 5.74) is 6.40. The predicted octanol–water partition coefficient (Wildman–Crippen LogP) is 0.537. The van der Waals surface area contributed by atoms with E-state index in [2.05, 4.69) is 5.16 Å². The first kappa shape index (κ1) is 16.0. The lowest BCUT2D eigenvalue weighted by atomic mass is 9.96. The van der Waals surface area contributed by atoms with Gasteiger partial charge in [0.1, 0.15) is 5.92 Å². The number of rotatable bonds is 6. The Hall–Kier alpha value is -2.08. The SMILES string of the molecule is CN(C)CCN(C)C(=O)C(C(N)=NO)c1ccccc1. The van der Waals surface area contributed by atoms with Gasteiger partial charge >= 0.3 is 0 Å². The van der Waals surface area contributed by atoms with Gasteiger partial charge in [0.25, 0.3) is 0 Å². The van der Waals surface area contributed by atoms with Crippen molar-refractivity contribution < 1.29 is 10.0 Å². The Bertz CT molecular complexity index is 460. The third kappa shape index (κ3) is 4.24. The molecular formula is C14H22N4O2. The van der Waals surface area contributed by atoms with E-state index in [-0.39, 0.29) is 11.7 Å². The zero-order valence-electron chi connectivity index (χ0n) is 12.2. The average molecular weight is 278 g/mol. The Morgan fingerprint density at radius 3 is 2.35 bits per heavy atom. The summed E-state index contributed by atoms with van der Waals surface area (Å²) >= 11 is 0. The van der Waals surface area contributed by atoms with E-state index in [1.165, 1.54) is 0 Å². The third-order valence-electron chi connectivity index (χ3n) is 3.05. The van der Waals surface area contributed by atoms with Crippen LogP contribution in [-0.2, 0) is 4.79 Å². The number of oxime groups is 1. The van der Waals surface area contributed by atoms with E-state index in [9.17, 15) is 4.79 Å². The van der Waals surface area contributed by atoms with E-state index >= 15 is 0 Å². The lowest BCUT2D eigenvalue weighted by Gasteiger charge is -2.24. The molecule has 0 aliphatic carbocycles. The topological polar surface area (TPSA) is 82.2 Å². The molecule has 3 N–H and O–H groups in total. The van der Waals surface area contributed by atoms with Gasteiger partial charge in [-0.2, -0.15) is 0 Å². The van der Waals surface area contributed by atoms with Gasteiger partial charge in [0.05, 0.1) is 0 Å². The lowest BCUT2D eigenvalue weighted by Crippen LogP contribution is -2.41. The van der Waals surface area contributed by atoms with Crippen molar-refractivity contribution in [3.05, 3.63) is 35.9 Å². The highest BCUT2D eigenvalue weighted by Gasteiger charge is 2.27. The molecule has 0 aliphatic heterocycles. The molecule has 0 aliphatic rings. The van der Waals surface area contributed by atoms with E-state index in [1.807, 2.05) is 37.2 Å². The van der Waals surface area contributed by atoms with Crippen molar-refractivity contribution in [2.45, 2.75) is 5.92 Å². The fourth-order valence-corrected chi connectivity index (χ4v) is 1.82. The maximum Gasteiger partial charge on any atom is 0.237 e. The van der Waals surface area contributed by atoms with Crippen molar-refractivity contribution in [2.24, 2.45) is 10.9 Å². The minimum atomic E-state index is -0.756. The monoisotopic (exact) mass is 278 g/mol. The minimum Gasteiger partial charge on any atom is -0.409 e. The van der Waals surface area contributed by atoms with Crippen LogP contribution >= 0.6 is 0 Å². The Morgan fingerprint density at radius 2 is 1.85 bits per heavy atom. The molecule has 110 valence electrons. The van der Waals surface area contributed by atoms with E-state index in [0.29, 0.717) is 12.1 Å². The Morgan fingerprint density at radius 1 is 1.25 bits per heavy atom. The van der Waals surface area contributed by atoms with Gasteiger partial charge in [-0.25, -0.2) is 0 Å². The number of nitrogens with two attached hydrogens (primary N) is 1. The maximum absolute atomic E-state index is 12.5. The molecule has 1 aromatic rings. The molecule has 0 radical (unpaired) electrons. The maximum atomic E-state index is 12.5. The molecule has 1 rings (SSSR count). The molecule has 0 fully saturated rings. The van der Waals surface area contributed by atoms with Crippen LogP contribution < -0.4 is 5.73 Å². The molecule has 0 saturated carbocycles. The number of hydrogen-bond donors (Lipinski definition) is 2. The summed E-state index contributed by atoms with van der Waals surface area (Å²) in [7, 11) is 5.60. The molecule has 0 aromatic heterocycles. The Labute approximate surface area is 119 Å². The first-order valence-electron chi connectivity index (χ1n) is 6.39. The first-order chi connectivity index (χ1) is 9.47. The summed E-state index contributed by atoms with van der Waals surface area (Å²) in [4.78, 5) is 16.1. The van der Waals surface area contributed by atoms with Crippen LogP contribution in [0.25, 0.3) is 0 Å². The van der Waals surface area contributed by atoms with Gasteiger partial charge < -0.3 is 20.7 Å². The molecule has 0 saturated heterocycles. The quantitative estimate of drug-likeness (QED) is 0.344. The second kappa shape index (κ2) is 7.49. The summed E-state index contributed by atoms with van der Waals surface area (Å²) in [5.74, 6) is -1.04. The molecular weight excluding hydrogens is 256 g/mol. The van der Waals surface area contributed by atoms with Crippen molar-refractivity contribution in [1.29, 1.82) is 0 Å². The van der Waals surface area contributed by atoms with Crippen molar-refractivity contribution in [3.63, 3.8) is 0 Å². The number of benzene rings is 1. The van der Waals surface area contributed by atoms with Gasteiger partial charge in [-0.3, -0.25) is 4.79 Å². The summed E-state index contributed by atoms with van der Waals surface area (Å²) in [6.07, 6.45) is 0. The zero-order chi connectivity index (χ0) is 15.1. The fourth-order valence-electron chi connectivity index (χ4n) is 1.82. The van der Waals surface area contributed by atoms with Gasteiger partial charge in [-0.15, -0.1) is 0 Å². The Balaban J connectivity index is 2.92. The minimum absolute atomic E-state index is 0.0992. The van der Waals surface area contributed by atoms with Crippen LogP contribution in [0.5, 0.6) is 0 Å². The van der Waals surface area contributed by atoms with Crippen LogP contribution in [0.15, 0.2) is 35.5 Å². The van der Waals surface area contributed by atoms with Gasteiger partial charge in [0.15, 0.2) is 5.84 Å². The average Bonchev–Trinajstić information content (AvgIpc) is 2.45. The largest absolute Gasteiger partial charge is 0.409 e. The summed E-state index contributed by atoms with van der Waals surface area (Å²) in [6, 6.07) is 9.08. The van der Waals surface area contributed by atoms with Gasteiger partial charge in [0.2, 0.25) is 5.91 Å². The fraction of sp³-hybridized carbons (Fsp3) is 0.429. The molecule has 1 unspecified atom stereocenters. The van der Waals surface area contributed by atoms with Crippen LogP contribution in [0.4, 0.5) is 0 Å². The highest BCUT2D eigenvalue weighted by molar-refractivity contribution is 6.07. The second-order valence-corrected chi connectivity index (χ2v) is 4.93. The summed E-state index contributed by atoms with van der Waals surface area (Å²) in [5, 5.41) is 11.9. The lowest BCUT2D eigenvalue weighted by molar-refractivity contribution is -0.130. The predicted molar refractivity (Wildman–Crippen MR) is 78.8 cm³/mol. The summed E-state index contributed by atoms with van der Waals surface area (Å²) < 4.78 is 0. The number of nitrogens with zero attached hydrogens (tertiary/aromatic N) is 3. The molecule has 0 spiro atoms. The van der Waals surface area contributed by atoms with Crippen LogP contribution in [0.1, 0.15) is 11.5 Å². The molecule has 20 heavy (non-hydrogen) atoms. The van der Waals surface area contributed by atoms with Crippen LogP contribution in [-0.4, -0.2) is 61.0 Å². The number of carbonyl (C=O) groups is 1. The zero-order valence-corrected chi connectivity index (χ0v) is 12.2. The number of likely N-dealkylation sites (N-methyl/N-ethyl adjacent to an activating group) is 2. The number of amidine groups is 1. The molecule has 1 aromatic carbocycles. The first-order valence-corrected chi connectivity index (χ1v) is 6.39. The highest BCUT2D eigenvalue weighted by atomic mass is 16.4. The van der Waals surface area contributed by atoms with Crippen molar-refractivity contribution in [1.82, 2.24) is 9.80 Å². The van der Waals surface area contributed by atoms with Crippen LogP contribution in [0.3, 0.4) is 0 Å². The van der Waals surface area contributed by atoms with Gasteiger partial charge in [-0.05, 0) is 19.7 Å². The normalized spacial score (nSPS) is 13.3. The molecule has 6 nitrogen and oxygen atoms in total. The smallest absolute Gasteiger partial charge is 0.237 e. The molecule has 1 amide bonds. The van der Waals surface area contributed by atoms with Gasteiger partial charge in [-0.1, -0.05) is 35.5 Å². The Kier molecular flexibility index (Phi) is 5.99. The molecule has 0 heterocycles. The molecule has 6 heteroatoms. The van der Waals surface area contributed by atoms with Crippen molar-refractivity contribution in [3.8, 4) is 0 Å². The van der Waals surface area contributed by atoms with E-state index in [0.717, 1.165) is 6.54 Å². The highest BCUT2D eigenvalue weighted by Crippen LogP contribution is 2.18. The molecule has 1 atom stereocenters. The van der Waals surface area contributed by atoms with Crippen molar-refractivity contribution >= 4 is 11.7 Å². The number of hydrogen-bond acceptors (Lipinski definition) is 4. The third-order valence-corrected chi connectivity index (χ3v) is 3.05. The standard InChI is InChI=1S/C14H22N4O2/c1-17(2)9-10-18(3)14(19)12(13(15)16-20)11-7-5-4-6-8-11/h4-8,12,20H,9-10H2,1-3H3,(H2,15,16). The van der Waals surface area contributed by atoms with E-state index < -0.39 is 5.92 Å². The van der Waals surface area contributed by atoms with Gasteiger partial charge in [0, 0.05) is 20.1 Å². The van der Waals surface area contributed by atoms with Crippen LogP contribution in [0.2, 0.25) is 0 Å². The van der Waals surface area contributed by atoms with E-state index in [1.54, 1.807) is 24.1 Å². The second-order valence-electron chi connectivity index (χ2n) is 4.93.